The van der Waals surface area contributed by atoms with Gasteiger partial charge in [-0.15, -0.1) is 0 Å². The Kier molecular flexibility index (Phi) is 4.01. The summed E-state index contributed by atoms with van der Waals surface area (Å²) in [6.07, 6.45) is -2.80. The first kappa shape index (κ1) is 16.4. The van der Waals surface area contributed by atoms with Gasteiger partial charge in [0, 0.05) is 18.3 Å². The Hall–Kier alpha value is -2.47. The van der Waals surface area contributed by atoms with Crippen molar-refractivity contribution in [3.8, 4) is 16.8 Å². The summed E-state index contributed by atoms with van der Waals surface area (Å²) >= 11 is 5.95. The zero-order chi connectivity index (χ0) is 17.5. The topological polar surface area (TPSA) is 26.9 Å². The van der Waals surface area contributed by atoms with Gasteiger partial charge in [0.25, 0.3) is 5.56 Å². The second-order valence-electron chi connectivity index (χ2n) is 5.29. The lowest BCUT2D eigenvalue weighted by molar-refractivity contribution is -0.137. The van der Waals surface area contributed by atoms with Crippen LogP contribution >= 0.6 is 11.6 Å². The molecule has 124 valence electrons. The Morgan fingerprint density at radius 2 is 1.71 bits per heavy atom. The van der Waals surface area contributed by atoms with E-state index in [1.165, 1.54) is 21.5 Å². The van der Waals surface area contributed by atoms with Crippen LogP contribution in [-0.4, -0.2) is 9.36 Å². The van der Waals surface area contributed by atoms with Gasteiger partial charge in [-0.05, 0) is 42.0 Å². The molecule has 0 amide bonds. The molecule has 0 N–H and O–H groups in total. The summed E-state index contributed by atoms with van der Waals surface area (Å²) in [5.41, 5.74) is 0.320. The van der Waals surface area contributed by atoms with Gasteiger partial charge in [0.2, 0.25) is 0 Å². The van der Waals surface area contributed by atoms with E-state index in [-0.39, 0.29) is 5.56 Å². The highest BCUT2D eigenvalue weighted by molar-refractivity contribution is 6.30. The lowest BCUT2D eigenvalue weighted by Gasteiger charge is -2.09. The predicted octanol–water partition coefficient (Wildman–Crippen LogP) is 4.52. The van der Waals surface area contributed by atoms with Crippen LogP contribution in [0.2, 0.25) is 5.02 Å². The maximum absolute atomic E-state index is 12.7. The molecule has 0 aliphatic carbocycles. The van der Waals surface area contributed by atoms with Gasteiger partial charge in [0.15, 0.2) is 0 Å². The van der Waals surface area contributed by atoms with E-state index in [2.05, 4.69) is 0 Å². The maximum atomic E-state index is 12.7. The lowest BCUT2D eigenvalue weighted by Crippen LogP contribution is -2.20. The maximum Gasteiger partial charge on any atom is 0.416 e. The smallest absolute Gasteiger partial charge is 0.288 e. The number of benzene rings is 2. The molecule has 0 saturated carbocycles. The van der Waals surface area contributed by atoms with Gasteiger partial charge in [-0.25, -0.2) is 4.68 Å². The number of aryl methyl sites for hydroxylation is 1. The van der Waals surface area contributed by atoms with E-state index < -0.39 is 11.7 Å². The minimum atomic E-state index is -4.41. The lowest BCUT2D eigenvalue weighted by atomic mass is 10.1. The molecule has 0 unspecified atom stereocenters. The van der Waals surface area contributed by atoms with Crippen LogP contribution in [0.4, 0.5) is 13.2 Å². The first-order valence-electron chi connectivity index (χ1n) is 6.99. The fraction of sp³-hybridized carbons (Fsp3) is 0.118. The Labute approximate surface area is 140 Å². The Bertz CT molecular complexity index is 940. The normalized spacial score (nSPS) is 11.7. The van der Waals surface area contributed by atoms with Crippen LogP contribution in [0.5, 0.6) is 0 Å². The molecule has 1 aromatic heterocycles. The van der Waals surface area contributed by atoms with Crippen LogP contribution in [0.3, 0.4) is 0 Å². The monoisotopic (exact) mass is 352 g/mol. The molecule has 24 heavy (non-hydrogen) atoms. The fourth-order valence-electron chi connectivity index (χ4n) is 2.50. The molecule has 0 fully saturated rings. The van der Waals surface area contributed by atoms with Crippen molar-refractivity contribution in [2.45, 2.75) is 6.18 Å². The van der Waals surface area contributed by atoms with E-state index >= 15 is 0 Å². The molecule has 1 heterocycles. The van der Waals surface area contributed by atoms with E-state index in [4.69, 9.17) is 11.6 Å². The summed E-state index contributed by atoms with van der Waals surface area (Å²) in [7, 11) is 1.65. The highest BCUT2D eigenvalue weighted by atomic mass is 35.5. The number of aromatic nitrogens is 2. The average molecular weight is 353 g/mol. The van der Waals surface area contributed by atoms with E-state index in [1.807, 2.05) is 0 Å². The third-order valence-corrected chi connectivity index (χ3v) is 3.86. The second-order valence-corrected chi connectivity index (χ2v) is 5.72. The summed E-state index contributed by atoms with van der Waals surface area (Å²) in [6.45, 7) is 0. The molecule has 3 nitrogen and oxygen atoms in total. The number of alkyl halides is 3. The molecule has 0 atom stereocenters. The van der Waals surface area contributed by atoms with E-state index in [0.29, 0.717) is 21.8 Å². The largest absolute Gasteiger partial charge is 0.416 e. The van der Waals surface area contributed by atoms with Gasteiger partial charge in [0.05, 0.1) is 16.8 Å². The number of halogens is 4. The molecule has 0 spiro atoms. The molecular formula is C17H12ClF3N2O. The second kappa shape index (κ2) is 5.87. The molecule has 3 aromatic rings. The van der Waals surface area contributed by atoms with Crippen LogP contribution < -0.4 is 5.56 Å². The highest BCUT2D eigenvalue weighted by Crippen LogP contribution is 2.29. The van der Waals surface area contributed by atoms with Crippen molar-refractivity contribution in [1.29, 1.82) is 0 Å². The van der Waals surface area contributed by atoms with E-state index in [9.17, 15) is 18.0 Å². The molecule has 0 bridgehead atoms. The summed E-state index contributed by atoms with van der Waals surface area (Å²) in [4.78, 5) is 12.7. The quantitative estimate of drug-likeness (QED) is 0.666. The van der Waals surface area contributed by atoms with Crippen molar-refractivity contribution in [2.24, 2.45) is 7.05 Å². The zero-order valence-corrected chi connectivity index (χ0v) is 13.3. The molecule has 0 aliphatic heterocycles. The Morgan fingerprint density at radius 1 is 1.04 bits per heavy atom. The summed E-state index contributed by atoms with van der Waals surface area (Å²) in [5.74, 6) is 0. The van der Waals surface area contributed by atoms with E-state index in [1.54, 1.807) is 37.5 Å². The standard InChI is InChI=1S/C17H12ClF3N2O/c1-22-10-15(11-3-2-4-13(18)9-11)16(24)23(22)14-7-5-12(6-8-14)17(19,20)21/h2-10H,1H3. The predicted molar refractivity (Wildman–Crippen MR) is 86.5 cm³/mol. The van der Waals surface area contributed by atoms with Crippen molar-refractivity contribution in [3.63, 3.8) is 0 Å². The number of hydrogen-bond donors (Lipinski definition) is 0. The first-order chi connectivity index (χ1) is 11.3. The minimum absolute atomic E-state index is 0.334. The number of hydrogen-bond acceptors (Lipinski definition) is 1. The Balaban J connectivity index is 2.09. The van der Waals surface area contributed by atoms with Crippen molar-refractivity contribution >= 4 is 11.6 Å². The zero-order valence-electron chi connectivity index (χ0n) is 12.5. The van der Waals surface area contributed by atoms with Gasteiger partial charge in [-0.3, -0.25) is 9.48 Å². The molecule has 0 radical (unpaired) electrons. The first-order valence-corrected chi connectivity index (χ1v) is 7.37. The fourth-order valence-corrected chi connectivity index (χ4v) is 2.69. The number of nitrogens with zero attached hydrogens (tertiary/aromatic N) is 2. The van der Waals surface area contributed by atoms with Crippen molar-refractivity contribution < 1.29 is 13.2 Å². The van der Waals surface area contributed by atoms with E-state index in [0.717, 1.165) is 12.1 Å². The third-order valence-electron chi connectivity index (χ3n) is 3.63. The molecule has 7 heteroatoms. The minimum Gasteiger partial charge on any atom is -0.288 e. The van der Waals surface area contributed by atoms with Crippen LogP contribution in [0.25, 0.3) is 16.8 Å². The van der Waals surface area contributed by atoms with Crippen molar-refractivity contribution in [1.82, 2.24) is 9.36 Å². The van der Waals surface area contributed by atoms with Crippen LogP contribution in [0.1, 0.15) is 5.56 Å². The highest BCUT2D eigenvalue weighted by Gasteiger charge is 2.30. The van der Waals surface area contributed by atoms with Crippen LogP contribution in [0, 0.1) is 0 Å². The summed E-state index contributed by atoms with van der Waals surface area (Å²) in [5, 5.41) is 0.497. The van der Waals surface area contributed by atoms with Gasteiger partial charge < -0.3 is 0 Å². The van der Waals surface area contributed by atoms with Crippen molar-refractivity contribution in [2.75, 3.05) is 0 Å². The average Bonchev–Trinajstić information content (AvgIpc) is 2.81. The molecule has 0 aliphatic rings. The SMILES string of the molecule is Cn1cc(-c2cccc(Cl)c2)c(=O)n1-c1ccc(C(F)(F)F)cc1. The molecular weight excluding hydrogens is 341 g/mol. The molecule has 0 saturated heterocycles. The van der Waals surface area contributed by atoms with Gasteiger partial charge in [-0.2, -0.15) is 13.2 Å². The van der Waals surface area contributed by atoms with Crippen LogP contribution in [-0.2, 0) is 13.2 Å². The molecule has 2 aromatic carbocycles. The van der Waals surface area contributed by atoms with Gasteiger partial charge in [0.1, 0.15) is 0 Å². The van der Waals surface area contributed by atoms with Crippen molar-refractivity contribution in [3.05, 3.63) is 75.7 Å². The summed E-state index contributed by atoms with van der Waals surface area (Å²) < 4.78 is 40.8. The molecule has 3 rings (SSSR count). The summed E-state index contributed by atoms with van der Waals surface area (Å²) in [6, 6.07) is 11.3. The Morgan fingerprint density at radius 3 is 2.29 bits per heavy atom. The van der Waals surface area contributed by atoms with Crippen LogP contribution in [0.15, 0.2) is 59.5 Å². The van der Waals surface area contributed by atoms with Gasteiger partial charge in [-0.1, -0.05) is 23.7 Å². The number of rotatable bonds is 2. The third kappa shape index (κ3) is 2.97. The van der Waals surface area contributed by atoms with Gasteiger partial charge >= 0.3 is 6.18 Å².